The van der Waals surface area contributed by atoms with Gasteiger partial charge in [0, 0.05) is 24.4 Å². The summed E-state index contributed by atoms with van der Waals surface area (Å²) >= 11 is 0. The molecule has 0 saturated heterocycles. The van der Waals surface area contributed by atoms with Crippen LogP contribution in [-0.2, 0) is 0 Å². The maximum atomic E-state index is 9.22. The first-order chi connectivity index (χ1) is 11.8. The van der Waals surface area contributed by atoms with Crippen LogP contribution in [0.15, 0.2) is 35.2 Å². The summed E-state index contributed by atoms with van der Waals surface area (Å²) in [5.41, 5.74) is 3.15. The quantitative estimate of drug-likeness (QED) is 0.925. The van der Waals surface area contributed by atoms with Gasteiger partial charge in [-0.1, -0.05) is 12.8 Å². The van der Waals surface area contributed by atoms with Crippen molar-refractivity contribution < 1.29 is 0 Å². The third-order valence-corrected chi connectivity index (χ3v) is 5.32. The standard InChI is InChI=1S/C18H22N6/c1-23-12-21-17(15-7-9-20-18(15)23)14-10-22-24(11-14)16(6-8-19)13-4-2-3-5-13/h7,9-13,16,18,20H,2-6H2,1H3. The lowest BCUT2D eigenvalue weighted by molar-refractivity contribution is 0.314. The highest BCUT2D eigenvalue weighted by molar-refractivity contribution is 5.80. The van der Waals surface area contributed by atoms with Crippen LogP contribution >= 0.6 is 0 Å². The smallest absolute Gasteiger partial charge is 0.128 e. The minimum atomic E-state index is 0.144. The molecule has 0 radical (unpaired) electrons. The van der Waals surface area contributed by atoms with Crippen LogP contribution in [0.2, 0.25) is 0 Å². The van der Waals surface area contributed by atoms with E-state index in [1.165, 1.54) is 25.7 Å². The lowest BCUT2D eigenvalue weighted by Crippen LogP contribution is -2.40. The molecule has 0 spiro atoms. The summed E-state index contributed by atoms with van der Waals surface area (Å²) in [4.78, 5) is 6.67. The van der Waals surface area contributed by atoms with Crippen molar-refractivity contribution in [3.63, 3.8) is 0 Å². The zero-order valence-corrected chi connectivity index (χ0v) is 13.9. The summed E-state index contributed by atoms with van der Waals surface area (Å²) < 4.78 is 2.00. The van der Waals surface area contributed by atoms with Crippen molar-refractivity contribution in [2.24, 2.45) is 10.9 Å². The van der Waals surface area contributed by atoms with Gasteiger partial charge in [0.05, 0.1) is 36.8 Å². The summed E-state index contributed by atoms with van der Waals surface area (Å²) in [6, 6.07) is 2.53. The molecule has 24 heavy (non-hydrogen) atoms. The van der Waals surface area contributed by atoms with E-state index in [1.807, 2.05) is 30.5 Å². The first-order valence-electron chi connectivity index (χ1n) is 8.62. The fraction of sp³-hybridized carbons (Fsp3) is 0.500. The van der Waals surface area contributed by atoms with Gasteiger partial charge in [0.15, 0.2) is 0 Å². The van der Waals surface area contributed by atoms with Crippen LogP contribution in [0, 0.1) is 17.2 Å². The molecular weight excluding hydrogens is 300 g/mol. The summed E-state index contributed by atoms with van der Waals surface area (Å²) in [6.07, 6.45) is 15.4. The van der Waals surface area contributed by atoms with E-state index in [-0.39, 0.29) is 12.2 Å². The van der Waals surface area contributed by atoms with E-state index >= 15 is 0 Å². The molecule has 1 N–H and O–H groups in total. The summed E-state index contributed by atoms with van der Waals surface area (Å²) in [6.45, 7) is 0. The summed E-state index contributed by atoms with van der Waals surface area (Å²) in [5, 5.41) is 17.1. The van der Waals surface area contributed by atoms with E-state index < -0.39 is 0 Å². The molecule has 6 nitrogen and oxygen atoms in total. The van der Waals surface area contributed by atoms with Crippen molar-refractivity contribution in [3.8, 4) is 6.07 Å². The van der Waals surface area contributed by atoms with E-state index in [2.05, 4.69) is 38.6 Å². The molecule has 2 atom stereocenters. The first kappa shape index (κ1) is 15.0. The Bertz CT molecular complexity index is 744. The average molecular weight is 322 g/mol. The van der Waals surface area contributed by atoms with E-state index in [0.29, 0.717) is 12.3 Å². The highest BCUT2D eigenvalue weighted by atomic mass is 15.3. The minimum Gasteiger partial charge on any atom is -0.367 e. The van der Waals surface area contributed by atoms with E-state index in [4.69, 9.17) is 0 Å². The largest absolute Gasteiger partial charge is 0.367 e. The van der Waals surface area contributed by atoms with Gasteiger partial charge in [-0.2, -0.15) is 10.4 Å². The lowest BCUT2D eigenvalue weighted by Gasteiger charge is -2.28. The Balaban J connectivity index is 1.65. The molecule has 2 aliphatic heterocycles. The van der Waals surface area contributed by atoms with Crippen LogP contribution in [0.1, 0.15) is 43.7 Å². The van der Waals surface area contributed by atoms with Crippen molar-refractivity contribution in [2.45, 2.75) is 44.3 Å². The van der Waals surface area contributed by atoms with Crippen LogP contribution in [0.3, 0.4) is 0 Å². The second-order valence-corrected chi connectivity index (χ2v) is 6.80. The molecule has 1 fully saturated rings. The molecule has 1 aliphatic carbocycles. The van der Waals surface area contributed by atoms with Gasteiger partial charge in [-0.25, -0.2) is 4.99 Å². The minimum absolute atomic E-state index is 0.144. The number of fused-ring (bicyclic) bond motifs is 1. The van der Waals surface area contributed by atoms with Gasteiger partial charge in [0.25, 0.3) is 0 Å². The molecule has 1 aromatic heterocycles. The van der Waals surface area contributed by atoms with E-state index in [9.17, 15) is 5.26 Å². The van der Waals surface area contributed by atoms with Gasteiger partial charge in [-0.05, 0) is 31.0 Å². The Kier molecular flexibility index (Phi) is 3.85. The summed E-state index contributed by atoms with van der Waals surface area (Å²) in [5.74, 6) is 0.567. The topological polar surface area (TPSA) is 69.2 Å². The number of aromatic nitrogens is 2. The van der Waals surface area contributed by atoms with Gasteiger partial charge < -0.3 is 10.2 Å². The predicted molar refractivity (Wildman–Crippen MR) is 92.7 cm³/mol. The molecule has 4 rings (SSSR count). The van der Waals surface area contributed by atoms with Crippen LogP contribution < -0.4 is 5.32 Å². The monoisotopic (exact) mass is 322 g/mol. The highest BCUT2D eigenvalue weighted by Crippen LogP contribution is 2.37. The number of nitriles is 1. The number of nitrogens with one attached hydrogen (secondary N) is 1. The Morgan fingerprint density at radius 1 is 1.42 bits per heavy atom. The normalized spacial score (nSPS) is 24.2. The number of hydrogen-bond acceptors (Lipinski definition) is 5. The molecule has 3 aliphatic rings. The molecule has 1 aromatic rings. The first-order valence-corrected chi connectivity index (χ1v) is 8.62. The predicted octanol–water partition coefficient (Wildman–Crippen LogP) is 2.66. The highest BCUT2D eigenvalue weighted by Gasteiger charge is 2.29. The van der Waals surface area contributed by atoms with Crippen LogP contribution in [-0.4, -0.2) is 34.2 Å². The zero-order valence-electron chi connectivity index (χ0n) is 13.9. The third kappa shape index (κ3) is 2.50. The van der Waals surface area contributed by atoms with E-state index in [1.54, 1.807) is 0 Å². The Hall–Kier alpha value is -2.55. The maximum Gasteiger partial charge on any atom is 0.128 e. The number of nitrogens with zero attached hydrogens (tertiary/aromatic N) is 5. The van der Waals surface area contributed by atoms with Crippen LogP contribution in [0.25, 0.3) is 5.70 Å². The fourth-order valence-electron chi connectivity index (χ4n) is 4.04. The average Bonchev–Trinajstić information content (AvgIpc) is 3.33. The number of hydrogen-bond donors (Lipinski definition) is 1. The number of aliphatic imine (C=N–C) groups is 1. The molecule has 0 amide bonds. The van der Waals surface area contributed by atoms with Crippen LogP contribution in [0.4, 0.5) is 0 Å². The van der Waals surface area contributed by atoms with Crippen molar-refractivity contribution >= 4 is 12.0 Å². The second-order valence-electron chi connectivity index (χ2n) is 6.80. The third-order valence-electron chi connectivity index (χ3n) is 5.32. The molecule has 1 saturated carbocycles. The van der Waals surface area contributed by atoms with Gasteiger partial charge in [-0.15, -0.1) is 0 Å². The van der Waals surface area contributed by atoms with Gasteiger partial charge >= 0.3 is 0 Å². The van der Waals surface area contributed by atoms with Crippen LogP contribution in [0.5, 0.6) is 0 Å². The Morgan fingerprint density at radius 3 is 3.04 bits per heavy atom. The fourth-order valence-corrected chi connectivity index (χ4v) is 4.04. The molecule has 2 unspecified atom stereocenters. The van der Waals surface area contributed by atoms with Crippen molar-refractivity contribution in [2.75, 3.05) is 7.05 Å². The zero-order chi connectivity index (χ0) is 16.5. The Morgan fingerprint density at radius 2 is 2.25 bits per heavy atom. The van der Waals surface area contributed by atoms with E-state index in [0.717, 1.165) is 16.8 Å². The van der Waals surface area contributed by atoms with Gasteiger partial charge in [-0.3, -0.25) is 4.68 Å². The molecule has 124 valence electrons. The van der Waals surface area contributed by atoms with Crippen molar-refractivity contribution in [1.29, 1.82) is 5.26 Å². The molecular formula is C18H22N6. The Labute approximate surface area is 142 Å². The second kappa shape index (κ2) is 6.16. The number of rotatable bonds is 4. The summed E-state index contributed by atoms with van der Waals surface area (Å²) in [7, 11) is 2.01. The maximum absolute atomic E-state index is 9.22. The molecule has 0 aromatic carbocycles. The van der Waals surface area contributed by atoms with Gasteiger partial charge in [0.1, 0.15) is 6.17 Å². The SMILES string of the molecule is CN1C=NC(c2cnn(C(CC#N)C3CCCC3)c2)=C2C=CNC21. The van der Waals surface area contributed by atoms with Crippen molar-refractivity contribution in [3.05, 3.63) is 35.8 Å². The van der Waals surface area contributed by atoms with Crippen molar-refractivity contribution in [1.82, 2.24) is 20.0 Å². The van der Waals surface area contributed by atoms with Gasteiger partial charge in [0.2, 0.25) is 0 Å². The molecule has 3 heterocycles. The number of likely N-dealkylation sites (N-methyl/N-ethyl adjacent to an activating group) is 1. The molecule has 6 heteroatoms. The lowest BCUT2D eigenvalue weighted by atomic mass is 9.96. The molecule has 0 bridgehead atoms.